The normalized spacial score (nSPS) is 19.7. The van der Waals surface area contributed by atoms with Gasteiger partial charge in [0, 0.05) is 18.3 Å². The minimum Gasteiger partial charge on any atom is -0.322 e. The molecule has 2 amide bonds. The highest BCUT2D eigenvalue weighted by Crippen LogP contribution is 2.18. The van der Waals surface area contributed by atoms with Gasteiger partial charge in [0.2, 0.25) is 10.0 Å². The number of likely N-dealkylation sites (tertiary alicyclic amines) is 1. The summed E-state index contributed by atoms with van der Waals surface area (Å²) < 4.78 is 22.3. The minimum atomic E-state index is -3.70. The second kappa shape index (κ2) is 5.80. The first-order chi connectivity index (χ1) is 9.38. The van der Waals surface area contributed by atoms with Crippen molar-refractivity contribution in [2.24, 2.45) is 5.14 Å². The Bertz CT molecular complexity index is 583. The number of hydrogen-bond donors (Lipinski definition) is 2. The molecule has 1 fully saturated rings. The van der Waals surface area contributed by atoms with E-state index in [1.807, 2.05) is 6.92 Å². The molecular formula is C13H19N3O3S. The van der Waals surface area contributed by atoms with Crippen LogP contribution in [0.15, 0.2) is 29.2 Å². The Labute approximate surface area is 119 Å². The van der Waals surface area contributed by atoms with E-state index in [4.69, 9.17) is 5.14 Å². The lowest BCUT2D eigenvalue weighted by Gasteiger charge is -2.33. The van der Waals surface area contributed by atoms with Gasteiger partial charge in [0.25, 0.3) is 0 Å². The van der Waals surface area contributed by atoms with Gasteiger partial charge < -0.3 is 10.2 Å². The minimum absolute atomic E-state index is 0.0295. The smallest absolute Gasteiger partial charge is 0.322 e. The summed E-state index contributed by atoms with van der Waals surface area (Å²) in [6.07, 6.45) is 3.17. The van der Waals surface area contributed by atoms with Gasteiger partial charge in [0.15, 0.2) is 0 Å². The summed E-state index contributed by atoms with van der Waals surface area (Å²) in [7, 11) is -3.70. The van der Waals surface area contributed by atoms with Crippen molar-refractivity contribution in [3.63, 3.8) is 0 Å². The molecule has 20 heavy (non-hydrogen) atoms. The molecule has 0 saturated carbocycles. The van der Waals surface area contributed by atoms with Gasteiger partial charge in [0.1, 0.15) is 0 Å². The monoisotopic (exact) mass is 297 g/mol. The summed E-state index contributed by atoms with van der Waals surface area (Å²) in [5, 5.41) is 7.79. The fraction of sp³-hybridized carbons (Fsp3) is 0.462. The van der Waals surface area contributed by atoms with Crippen molar-refractivity contribution in [3.8, 4) is 0 Å². The van der Waals surface area contributed by atoms with Crippen molar-refractivity contribution in [1.29, 1.82) is 0 Å². The van der Waals surface area contributed by atoms with Gasteiger partial charge in [-0.25, -0.2) is 18.4 Å². The number of hydrogen-bond acceptors (Lipinski definition) is 3. The number of nitrogens with two attached hydrogens (primary N) is 1. The van der Waals surface area contributed by atoms with Crippen LogP contribution in [0.25, 0.3) is 0 Å². The zero-order chi connectivity index (χ0) is 14.8. The molecule has 0 aliphatic carbocycles. The summed E-state index contributed by atoms with van der Waals surface area (Å²) >= 11 is 0. The van der Waals surface area contributed by atoms with E-state index in [0.717, 1.165) is 25.8 Å². The Kier molecular flexibility index (Phi) is 4.29. The van der Waals surface area contributed by atoms with E-state index in [2.05, 4.69) is 5.32 Å². The van der Waals surface area contributed by atoms with Gasteiger partial charge in [-0.05, 0) is 50.5 Å². The standard InChI is InChI=1S/C13H19N3O3S/c1-10-4-2-3-9-16(10)13(17)15-11-5-7-12(8-6-11)20(14,18)19/h5-8,10H,2-4,9H2,1H3,(H,15,17)(H2,14,18,19)/t10-/m1/s1. The molecule has 1 heterocycles. The Hall–Kier alpha value is -1.60. The maximum absolute atomic E-state index is 12.1. The lowest BCUT2D eigenvalue weighted by Crippen LogP contribution is -2.44. The largest absolute Gasteiger partial charge is 0.322 e. The Morgan fingerprint density at radius 3 is 2.50 bits per heavy atom. The van der Waals surface area contributed by atoms with Crippen molar-refractivity contribution in [2.45, 2.75) is 37.1 Å². The molecule has 0 unspecified atom stereocenters. The Morgan fingerprint density at radius 1 is 1.30 bits per heavy atom. The molecule has 7 heteroatoms. The summed E-state index contributed by atoms with van der Waals surface area (Å²) in [4.78, 5) is 14.0. The summed E-state index contributed by atoms with van der Waals surface area (Å²) in [6.45, 7) is 2.78. The highest BCUT2D eigenvalue weighted by Gasteiger charge is 2.23. The lowest BCUT2D eigenvalue weighted by atomic mass is 10.0. The van der Waals surface area contributed by atoms with Crippen LogP contribution in [-0.2, 0) is 10.0 Å². The Balaban J connectivity index is 2.04. The molecule has 1 aromatic carbocycles. The van der Waals surface area contributed by atoms with Crippen molar-refractivity contribution < 1.29 is 13.2 Å². The number of sulfonamides is 1. The van der Waals surface area contributed by atoms with Crippen LogP contribution in [0.5, 0.6) is 0 Å². The van der Waals surface area contributed by atoms with Crippen molar-refractivity contribution in [2.75, 3.05) is 11.9 Å². The second-order valence-electron chi connectivity index (χ2n) is 5.04. The number of nitrogens with zero attached hydrogens (tertiary/aromatic N) is 1. The average molecular weight is 297 g/mol. The van der Waals surface area contributed by atoms with E-state index < -0.39 is 10.0 Å². The van der Waals surface area contributed by atoms with Gasteiger partial charge in [-0.1, -0.05) is 0 Å². The number of benzene rings is 1. The van der Waals surface area contributed by atoms with Crippen LogP contribution in [0.1, 0.15) is 26.2 Å². The number of carbonyl (C=O) groups excluding carboxylic acids is 1. The number of urea groups is 1. The highest BCUT2D eigenvalue weighted by atomic mass is 32.2. The fourth-order valence-corrected chi connectivity index (χ4v) is 2.84. The molecule has 3 N–H and O–H groups in total. The van der Waals surface area contributed by atoms with Crippen LogP contribution in [0.2, 0.25) is 0 Å². The SMILES string of the molecule is C[C@@H]1CCCCN1C(=O)Nc1ccc(S(N)(=O)=O)cc1. The molecule has 0 bridgehead atoms. The van der Waals surface area contributed by atoms with Crippen LogP contribution in [0, 0.1) is 0 Å². The Morgan fingerprint density at radius 2 is 1.95 bits per heavy atom. The van der Waals surface area contributed by atoms with E-state index in [0.29, 0.717) is 5.69 Å². The fourth-order valence-electron chi connectivity index (χ4n) is 2.32. The predicted molar refractivity (Wildman–Crippen MR) is 76.9 cm³/mol. The third-order valence-corrected chi connectivity index (χ3v) is 4.43. The number of amides is 2. The predicted octanol–water partition coefficient (Wildman–Crippen LogP) is 1.74. The van der Waals surface area contributed by atoms with Gasteiger partial charge in [-0.2, -0.15) is 0 Å². The molecular weight excluding hydrogens is 278 g/mol. The first-order valence-corrected chi connectivity index (χ1v) is 8.13. The highest BCUT2D eigenvalue weighted by molar-refractivity contribution is 7.89. The zero-order valence-corrected chi connectivity index (χ0v) is 12.2. The van der Waals surface area contributed by atoms with Crippen LogP contribution in [-0.4, -0.2) is 31.9 Å². The number of rotatable bonds is 2. The maximum atomic E-state index is 12.1. The number of primary sulfonamides is 1. The topological polar surface area (TPSA) is 92.5 Å². The number of nitrogens with one attached hydrogen (secondary N) is 1. The summed E-state index contributed by atoms with van der Waals surface area (Å²) in [5.74, 6) is 0. The van der Waals surface area contributed by atoms with Crippen molar-refractivity contribution >= 4 is 21.7 Å². The molecule has 1 aromatic rings. The van der Waals surface area contributed by atoms with Gasteiger partial charge in [0.05, 0.1) is 4.90 Å². The molecule has 110 valence electrons. The quantitative estimate of drug-likeness (QED) is 0.870. The zero-order valence-electron chi connectivity index (χ0n) is 11.4. The van der Waals surface area contributed by atoms with E-state index in [1.54, 1.807) is 4.90 Å². The van der Waals surface area contributed by atoms with Crippen molar-refractivity contribution in [3.05, 3.63) is 24.3 Å². The van der Waals surface area contributed by atoms with Crippen LogP contribution in [0.3, 0.4) is 0 Å². The molecule has 0 radical (unpaired) electrons. The van der Waals surface area contributed by atoms with E-state index >= 15 is 0 Å². The van der Waals surface area contributed by atoms with E-state index in [-0.39, 0.29) is 17.0 Å². The van der Waals surface area contributed by atoms with E-state index in [1.165, 1.54) is 24.3 Å². The summed E-state index contributed by atoms with van der Waals surface area (Å²) in [5.41, 5.74) is 0.556. The van der Waals surface area contributed by atoms with Crippen molar-refractivity contribution in [1.82, 2.24) is 4.90 Å². The molecule has 0 aromatic heterocycles. The molecule has 6 nitrogen and oxygen atoms in total. The van der Waals surface area contributed by atoms with E-state index in [9.17, 15) is 13.2 Å². The number of carbonyl (C=O) groups is 1. The second-order valence-corrected chi connectivity index (χ2v) is 6.60. The molecule has 1 aliphatic heterocycles. The van der Waals surface area contributed by atoms with Gasteiger partial charge >= 0.3 is 6.03 Å². The molecule has 0 spiro atoms. The molecule has 1 aliphatic rings. The lowest BCUT2D eigenvalue weighted by molar-refractivity contribution is 0.170. The number of anilines is 1. The first kappa shape index (κ1) is 14.8. The van der Waals surface area contributed by atoms with Gasteiger partial charge in [-0.3, -0.25) is 0 Å². The third-order valence-electron chi connectivity index (χ3n) is 3.50. The van der Waals surface area contributed by atoms with Crippen LogP contribution >= 0.6 is 0 Å². The average Bonchev–Trinajstić information content (AvgIpc) is 2.38. The summed E-state index contributed by atoms with van der Waals surface area (Å²) in [6, 6.07) is 5.90. The molecule has 1 atom stereocenters. The third kappa shape index (κ3) is 3.49. The molecule has 2 rings (SSSR count). The van der Waals surface area contributed by atoms with Crippen LogP contribution in [0.4, 0.5) is 10.5 Å². The molecule has 1 saturated heterocycles. The number of piperidine rings is 1. The van der Waals surface area contributed by atoms with Gasteiger partial charge in [-0.15, -0.1) is 0 Å². The maximum Gasteiger partial charge on any atom is 0.322 e. The van der Waals surface area contributed by atoms with Crippen LogP contribution < -0.4 is 10.5 Å². The first-order valence-electron chi connectivity index (χ1n) is 6.58.